The van der Waals surface area contributed by atoms with E-state index in [1.54, 1.807) is 6.92 Å². The van der Waals surface area contributed by atoms with Crippen molar-refractivity contribution in [2.45, 2.75) is 45.1 Å². The van der Waals surface area contributed by atoms with Crippen LogP contribution in [0.4, 0.5) is 4.79 Å². The largest absolute Gasteiger partial charge is 0.465 e. The van der Waals surface area contributed by atoms with Gasteiger partial charge >= 0.3 is 6.09 Å². The zero-order valence-corrected chi connectivity index (χ0v) is 12.9. The molecule has 1 aromatic heterocycles. The molecule has 1 aromatic rings. The van der Waals surface area contributed by atoms with Crippen LogP contribution in [-0.2, 0) is 16.0 Å². The molecule has 1 unspecified atom stereocenters. The number of carbonyl (C=O) groups excluding carboxylic acids is 2. The Morgan fingerprint density at radius 1 is 1.30 bits per heavy atom. The van der Waals surface area contributed by atoms with Gasteiger partial charge in [0.25, 0.3) is 0 Å². The monoisotopic (exact) mass is 327 g/mol. The van der Waals surface area contributed by atoms with Gasteiger partial charge in [-0.25, -0.2) is 4.79 Å². The van der Waals surface area contributed by atoms with Gasteiger partial charge in [-0.05, 0) is 19.3 Å². The fraction of sp³-hybridized carbons (Fsp3) is 0.615. The average Bonchev–Trinajstić information content (AvgIpc) is 2.92. The molecule has 10 heteroatoms. The summed E-state index contributed by atoms with van der Waals surface area (Å²) >= 11 is 0. The first-order valence-electron chi connectivity index (χ1n) is 7.29. The molecule has 5 N–H and O–H groups in total. The first-order chi connectivity index (χ1) is 10.9. The quantitative estimate of drug-likeness (QED) is 0.443. The van der Waals surface area contributed by atoms with Crippen LogP contribution in [0.25, 0.3) is 0 Å². The SMILES string of the molecule is CCC(=O)NC(CCCCNC(=O)O)c1nnc(CC(N)=O)o1. The van der Waals surface area contributed by atoms with Crippen LogP contribution in [0.2, 0.25) is 0 Å². The Balaban J connectivity index is 2.60. The third-order valence-electron chi connectivity index (χ3n) is 2.96. The average molecular weight is 327 g/mol. The highest BCUT2D eigenvalue weighted by Crippen LogP contribution is 2.18. The molecule has 0 aliphatic rings. The second-order valence-electron chi connectivity index (χ2n) is 4.88. The standard InChI is InChI=1S/C13H21N5O5/c1-2-10(20)16-8(5-3-4-6-15-13(21)22)12-18-17-11(23-12)7-9(14)19/h8,15H,2-7H2,1H3,(H2,14,19)(H,16,20)(H,21,22). The molecule has 128 valence electrons. The minimum absolute atomic E-state index is 0.0933. The maximum atomic E-state index is 11.6. The Bertz CT molecular complexity index is 545. The van der Waals surface area contributed by atoms with E-state index in [-0.39, 0.29) is 24.1 Å². The molecule has 0 radical (unpaired) electrons. The first-order valence-corrected chi connectivity index (χ1v) is 7.29. The molecule has 0 bridgehead atoms. The molecule has 1 atom stereocenters. The summed E-state index contributed by atoms with van der Waals surface area (Å²) in [5, 5.41) is 21.1. The minimum atomic E-state index is -1.08. The summed E-state index contributed by atoms with van der Waals surface area (Å²) in [5.74, 6) is -0.465. The summed E-state index contributed by atoms with van der Waals surface area (Å²) in [6, 6.07) is -0.485. The van der Waals surface area contributed by atoms with E-state index in [2.05, 4.69) is 20.8 Å². The van der Waals surface area contributed by atoms with Crippen molar-refractivity contribution in [3.05, 3.63) is 11.8 Å². The molecular formula is C13H21N5O5. The lowest BCUT2D eigenvalue weighted by atomic mass is 10.1. The number of nitrogens with zero attached hydrogens (tertiary/aromatic N) is 2. The predicted octanol–water partition coefficient (Wildman–Crippen LogP) is 0.103. The van der Waals surface area contributed by atoms with E-state index < -0.39 is 18.0 Å². The topological polar surface area (TPSA) is 160 Å². The number of unbranched alkanes of at least 4 members (excludes halogenated alkanes) is 1. The maximum Gasteiger partial charge on any atom is 0.404 e. The van der Waals surface area contributed by atoms with Crippen LogP contribution in [-0.4, -0.2) is 39.8 Å². The fourth-order valence-corrected chi connectivity index (χ4v) is 1.85. The first kappa shape index (κ1) is 18.4. The summed E-state index contributed by atoms with van der Waals surface area (Å²) in [4.78, 5) is 32.8. The van der Waals surface area contributed by atoms with Gasteiger partial charge in [0, 0.05) is 13.0 Å². The number of nitrogens with one attached hydrogen (secondary N) is 2. The molecule has 3 amide bonds. The van der Waals surface area contributed by atoms with Crippen LogP contribution in [0.15, 0.2) is 4.42 Å². The van der Waals surface area contributed by atoms with E-state index in [0.717, 1.165) is 0 Å². The lowest BCUT2D eigenvalue weighted by Crippen LogP contribution is -2.28. The number of carboxylic acid groups (broad SMARTS) is 1. The Morgan fingerprint density at radius 2 is 2.04 bits per heavy atom. The van der Waals surface area contributed by atoms with Crippen LogP contribution >= 0.6 is 0 Å². The number of hydrogen-bond donors (Lipinski definition) is 4. The van der Waals surface area contributed by atoms with Crippen molar-refractivity contribution in [1.29, 1.82) is 0 Å². The molecule has 0 fully saturated rings. The number of carbonyl (C=O) groups is 3. The number of rotatable bonds is 10. The molecule has 0 aliphatic heterocycles. The van der Waals surface area contributed by atoms with Crippen molar-refractivity contribution < 1.29 is 23.9 Å². The van der Waals surface area contributed by atoms with Crippen molar-refractivity contribution in [3.8, 4) is 0 Å². The minimum Gasteiger partial charge on any atom is -0.465 e. The summed E-state index contributed by atoms with van der Waals surface area (Å²) in [6.07, 6.45) is 0.818. The van der Waals surface area contributed by atoms with Crippen LogP contribution in [0.1, 0.15) is 50.4 Å². The highest BCUT2D eigenvalue weighted by molar-refractivity contribution is 5.76. The molecule has 1 heterocycles. The highest BCUT2D eigenvalue weighted by Gasteiger charge is 2.20. The Morgan fingerprint density at radius 3 is 2.65 bits per heavy atom. The second kappa shape index (κ2) is 9.38. The van der Waals surface area contributed by atoms with E-state index in [1.807, 2.05) is 0 Å². The second-order valence-corrected chi connectivity index (χ2v) is 4.88. The van der Waals surface area contributed by atoms with Crippen molar-refractivity contribution in [1.82, 2.24) is 20.8 Å². The van der Waals surface area contributed by atoms with E-state index in [0.29, 0.717) is 32.2 Å². The summed E-state index contributed by atoms with van der Waals surface area (Å²) in [7, 11) is 0. The van der Waals surface area contributed by atoms with E-state index in [9.17, 15) is 14.4 Å². The Hall–Kier alpha value is -2.65. The van der Waals surface area contributed by atoms with Gasteiger partial charge in [0.05, 0.1) is 0 Å². The predicted molar refractivity (Wildman–Crippen MR) is 78.2 cm³/mol. The molecule has 23 heavy (non-hydrogen) atoms. The normalized spacial score (nSPS) is 11.7. The van der Waals surface area contributed by atoms with Crippen LogP contribution in [0.5, 0.6) is 0 Å². The van der Waals surface area contributed by atoms with Gasteiger partial charge in [0.2, 0.25) is 23.6 Å². The van der Waals surface area contributed by atoms with E-state index in [1.165, 1.54) is 0 Å². The maximum absolute atomic E-state index is 11.6. The molecule has 1 rings (SSSR count). The van der Waals surface area contributed by atoms with Crippen molar-refractivity contribution >= 4 is 17.9 Å². The van der Waals surface area contributed by atoms with Crippen molar-refractivity contribution in [2.24, 2.45) is 5.73 Å². The van der Waals surface area contributed by atoms with Crippen molar-refractivity contribution in [2.75, 3.05) is 6.54 Å². The summed E-state index contributed by atoms with van der Waals surface area (Å²) < 4.78 is 5.35. The summed E-state index contributed by atoms with van der Waals surface area (Å²) in [6.45, 7) is 2.04. The van der Waals surface area contributed by atoms with Crippen LogP contribution in [0.3, 0.4) is 0 Å². The van der Waals surface area contributed by atoms with E-state index in [4.69, 9.17) is 15.3 Å². The zero-order valence-electron chi connectivity index (χ0n) is 12.9. The molecule has 0 spiro atoms. The molecule has 0 aliphatic carbocycles. The number of nitrogens with two attached hydrogens (primary N) is 1. The third-order valence-corrected chi connectivity index (χ3v) is 2.96. The number of primary amides is 1. The lowest BCUT2D eigenvalue weighted by Gasteiger charge is -2.14. The number of amides is 3. The Kier molecular flexibility index (Phi) is 7.51. The lowest BCUT2D eigenvalue weighted by molar-refractivity contribution is -0.122. The van der Waals surface area contributed by atoms with Gasteiger partial charge in [-0.15, -0.1) is 10.2 Å². The van der Waals surface area contributed by atoms with Gasteiger partial charge in [-0.2, -0.15) is 0 Å². The third kappa shape index (κ3) is 7.25. The zero-order chi connectivity index (χ0) is 17.2. The Labute approximate surface area is 132 Å². The molecular weight excluding hydrogens is 306 g/mol. The van der Waals surface area contributed by atoms with Gasteiger partial charge in [0.1, 0.15) is 12.5 Å². The van der Waals surface area contributed by atoms with Crippen LogP contribution < -0.4 is 16.4 Å². The molecule has 0 aromatic carbocycles. The van der Waals surface area contributed by atoms with Crippen LogP contribution in [0, 0.1) is 0 Å². The van der Waals surface area contributed by atoms with Gasteiger partial charge in [0.15, 0.2) is 0 Å². The van der Waals surface area contributed by atoms with Crippen molar-refractivity contribution in [3.63, 3.8) is 0 Å². The smallest absolute Gasteiger partial charge is 0.404 e. The highest BCUT2D eigenvalue weighted by atomic mass is 16.4. The van der Waals surface area contributed by atoms with Gasteiger partial charge < -0.3 is 25.9 Å². The molecule has 10 nitrogen and oxygen atoms in total. The molecule has 0 saturated heterocycles. The van der Waals surface area contributed by atoms with E-state index >= 15 is 0 Å². The van der Waals surface area contributed by atoms with Gasteiger partial charge in [-0.1, -0.05) is 6.92 Å². The van der Waals surface area contributed by atoms with Gasteiger partial charge in [-0.3, -0.25) is 9.59 Å². The number of aromatic nitrogens is 2. The summed E-state index contributed by atoms with van der Waals surface area (Å²) in [5.41, 5.74) is 5.06. The fourth-order valence-electron chi connectivity index (χ4n) is 1.85. The number of hydrogen-bond acceptors (Lipinski definition) is 6. The molecule has 0 saturated carbocycles.